The molecule has 1 aromatic rings. The fraction of sp³-hybridized carbons (Fsp3) is 0.167. The minimum Gasteiger partial charge on any atom is -0.493 e. The number of carbonyl (C=O) groups excluding carboxylic acids is 4. The lowest BCUT2D eigenvalue weighted by Gasteiger charge is -2.16. The van der Waals surface area contributed by atoms with Crippen LogP contribution in [0.5, 0.6) is 17.2 Å². The van der Waals surface area contributed by atoms with Gasteiger partial charge in [-0.25, -0.2) is 4.79 Å². The summed E-state index contributed by atoms with van der Waals surface area (Å²) < 4.78 is 16.0. The molecule has 10 nitrogen and oxygen atoms in total. The molecule has 0 radical (unpaired) electrons. The summed E-state index contributed by atoms with van der Waals surface area (Å²) in [6.45, 7) is 0. The number of hydrogen-bond acceptors (Lipinski definition) is 9. The maximum atomic E-state index is 12.8. The molecule has 30 heavy (non-hydrogen) atoms. The smallest absolute Gasteiger partial charge is 0.328 e. The second-order valence-electron chi connectivity index (χ2n) is 5.79. The Bertz CT molecular complexity index is 1000. The van der Waals surface area contributed by atoms with Crippen LogP contribution in [0, 0.1) is 0 Å². The summed E-state index contributed by atoms with van der Waals surface area (Å²) in [4.78, 5) is 49.0. The first-order valence-corrected chi connectivity index (χ1v) is 9.47. The highest BCUT2D eigenvalue weighted by molar-refractivity contribution is 8.26. The summed E-state index contributed by atoms with van der Waals surface area (Å²) in [5, 5.41) is 3.86. The minimum absolute atomic E-state index is 0.115. The second-order valence-corrected chi connectivity index (χ2v) is 7.47. The maximum Gasteiger partial charge on any atom is 0.328 e. The van der Waals surface area contributed by atoms with Crippen molar-refractivity contribution in [3.05, 3.63) is 34.4 Å². The molecule has 2 saturated heterocycles. The number of carbonyl (C=O) groups is 4. The van der Waals surface area contributed by atoms with E-state index < -0.39 is 29.3 Å². The summed E-state index contributed by atoms with van der Waals surface area (Å²) in [6.07, 6.45) is 2.57. The van der Waals surface area contributed by atoms with Crippen molar-refractivity contribution in [2.75, 3.05) is 21.3 Å². The number of hydrogen-bond donors (Lipinski definition) is 2. The van der Waals surface area contributed by atoms with E-state index in [9.17, 15) is 19.2 Å². The summed E-state index contributed by atoms with van der Waals surface area (Å²) in [7, 11) is 4.42. The third-order valence-corrected chi connectivity index (χ3v) is 5.34. The maximum absolute atomic E-state index is 12.8. The van der Waals surface area contributed by atoms with E-state index in [-0.39, 0.29) is 9.23 Å². The minimum atomic E-state index is -0.935. The van der Waals surface area contributed by atoms with Crippen molar-refractivity contribution in [1.82, 2.24) is 15.5 Å². The van der Waals surface area contributed by atoms with Gasteiger partial charge in [0.05, 0.1) is 26.2 Å². The first-order chi connectivity index (χ1) is 14.3. The van der Waals surface area contributed by atoms with Crippen LogP contribution in [0.25, 0.3) is 6.08 Å². The van der Waals surface area contributed by atoms with Gasteiger partial charge in [0.1, 0.15) is 5.57 Å². The van der Waals surface area contributed by atoms with Gasteiger partial charge in [0.15, 0.2) is 15.8 Å². The van der Waals surface area contributed by atoms with Crippen molar-refractivity contribution in [2.24, 2.45) is 0 Å². The number of imide groups is 2. The number of benzene rings is 1. The number of rotatable bonds is 5. The van der Waals surface area contributed by atoms with Crippen LogP contribution in [0.15, 0.2) is 28.8 Å². The van der Waals surface area contributed by atoms with Crippen molar-refractivity contribution < 1.29 is 33.4 Å². The molecule has 1 aromatic carbocycles. The normalized spacial score (nSPS) is 17.8. The third-order valence-electron chi connectivity index (χ3n) is 4.01. The number of amides is 5. The molecule has 0 saturated carbocycles. The molecule has 3 rings (SSSR count). The molecule has 2 N–H and O–H groups in total. The van der Waals surface area contributed by atoms with Gasteiger partial charge in [-0.3, -0.25) is 29.9 Å². The van der Waals surface area contributed by atoms with E-state index in [4.69, 9.17) is 26.4 Å². The van der Waals surface area contributed by atoms with Gasteiger partial charge in [-0.2, -0.15) is 0 Å². The Balaban J connectivity index is 1.94. The molecule has 0 atom stereocenters. The zero-order chi connectivity index (χ0) is 22.0. The Hall–Kier alpha value is -3.38. The second kappa shape index (κ2) is 8.55. The van der Waals surface area contributed by atoms with Gasteiger partial charge < -0.3 is 14.2 Å². The Labute approximate surface area is 180 Å². The Morgan fingerprint density at radius 3 is 2.03 bits per heavy atom. The van der Waals surface area contributed by atoms with Crippen molar-refractivity contribution in [3.63, 3.8) is 0 Å². The number of thioether (sulfide) groups is 1. The number of ether oxygens (including phenoxy) is 3. The SMILES string of the molecule is COc1cc(/C=C2\SC(=S)N(C=C3C(=O)NC(=O)NC3=O)C2=O)cc(OC)c1OC. The van der Waals surface area contributed by atoms with Gasteiger partial charge in [0.25, 0.3) is 17.7 Å². The van der Waals surface area contributed by atoms with Crippen LogP contribution in [0.1, 0.15) is 5.56 Å². The van der Waals surface area contributed by atoms with Crippen molar-refractivity contribution in [1.29, 1.82) is 0 Å². The van der Waals surface area contributed by atoms with E-state index in [0.29, 0.717) is 22.8 Å². The molecule has 2 aliphatic heterocycles. The van der Waals surface area contributed by atoms with Crippen molar-refractivity contribution >= 4 is 58.1 Å². The fourth-order valence-corrected chi connectivity index (χ4v) is 3.86. The fourth-order valence-electron chi connectivity index (χ4n) is 2.65. The van der Waals surface area contributed by atoms with Gasteiger partial charge in [-0.1, -0.05) is 24.0 Å². The Kier molecular flexibility index (Phi) is 6.08. The third kappa shape index (κ3) is 4.00. The zero-order valence-electron chi connectivity index (χ0n) is 15.9. The summed E-state index contributed by atoms with van der Waals surface area (Å²) in [5.74, 6) is -1.18. The van der Waals surface area contributed by atoms with Gasteiger partial charge in [0, 0.05) is 6.20 Å². The number of methoxy groups -OCH3 is 3. The topological polar surface area (TPSA) is 123 Å². The van der Waals surface area contributed by atoms with Gasteiger partial charge in [-0.05, 0) is 23.8 Å². The van der Waals surface area contributed by atoms with E-state index in [1.54, 1.807) is 18.2 Å². The van der Waals surface area contributed by atoms with Crippen molar-refractivity contribution in [2.45, 2.75) is 0 Å². The van der Waals surface area contributed by atoms with Crippen molar-refractivity contribution in [3.8, 4) is 17.2 Å². The van der Waals surface area contributed by atoms with Gasteiger partial charge >= 0.3 is 6.03 Å². The van der Waals surface area contributed by atoms with Crippen LogP contribution in [-0.4, -0.2) is 54.3 Å². The first-order valence-electron chi connectivity index (χ1n) is 8.24. The van der Waals surface area contributed by atoms with E-state index in [2.05, 4.69) is 0 Å². The predicted molar refractivity (Wildman–Crippen MR) is 111 cm³/mol. The van der Waals surface area contributed by atoms with Gasteiger partial charge in [0.2, 0.25) is 5.75 Å². The number of barbiturate groups is 1. The number of urea groups is 1. The van der Waals surface area contributed by atoms with E-state index in [1.165, 1.54) is 21.3 Å². The monoisotopic (exact) mass is 449 g/mol. The quantitative estimate of drug-likeness (QED) is 0.387. The van der Waals surface area contributed by atoms with Crippen LogP contribution in [0.3, 0.4) is 0 Å². The van der Waals surface area contributed by atoms with Crippen LogP contribution in [-0.2, 0) is 14.4 Å². The average molecular weight is 449 g/mol. The molecule has 2 aliphatic rings. The molecule has 0 aromatic heterocycles. The zero-order valence-corrected chi connectivity index (χ0v) is 17.6. The lowest BCUT2D eigenvalue weighted by molar-refractivity contribution is -0.124. The van der Waals surface area contributed by atoms with E-state index in [1.807, 2.05) is 10.6 Å². The molecule has 2 heterocycles. The van der Waals surface area contributed by atoms with Crippen LogP contribution in [0.4, 0.5) is 4.79 Å². The number of nitrogens with zero attached hydrogens (tertiary/aromatic N) is 1. The molecular weight excluding hydrogens is 434 g/mol. The largest absolute Gasteiger partial charge is 0.493 e. The molecular formula is C18H15N3O7S2. The first kappa shape index (κ1) is 21.3. The van der Waals surface area contributed by atoms with Crippen LogP contribution >= 0.6 is 24.0 Å². The lowest BCUT2D eigenvalue weighted by Crippen LogP contribution is -2.52. The van der Waals surface area contributed by atoms with Crippen LogP contribution in [0.2, 0.25) is 0 Å². The van der Waals surface area contributed by atoms with Crippen LogP contribution < -0.4 is 24.8 Å². The van der Waals surface area contributed by atoms with E-state index >= 15 is 0 Å². The molecule has 0 bridgehead atoms. The molecule has 0 spiro atoms. The lowest BCUT2D eigenvalue weighted by atomic mass is 10.1. The molecule has 156 valence electrons. The summed E-state index contributed by atoms with van der Waals surface area (Å²) in [6, 6.07) is 2.37. The summed E-state index contributed by atoms with van der Waals surface area (Å²) in [5.41, 5.74) is 0.163. The van der Waals surface area contributed by atoms with E-state index in [0.717, 1.165) is 22.9 Å². The summed E-state index contributed by atoms with van der Waals surface area (Å²) >= 11 is 6.19. The molecule has 0 aliphatic carbocycles. The highest BCUT2D eigenvalue weighted by Crippen LogP contribution is 2.40. The highest BCUT2D eigenvalue weighted by atomic mass is 32.2. The molecule has 5 amide bonds. The molecule has 0 unspecified atom stereocenters. The predicted octanol–water partition coefficient (Wildman–Crippen LogP) is 1.16. The Morgan fingerprint density at radius 1 is 0.967 bits per heavy atom. The average Bonchev–Trinajstić information content (AvgIpc) is 2.96. The highest BCUT2D eigenvalue weighted by Gasteiger charge is 2.35. The number of nitrogens with one attached hydrogen (secondary N) is 2. The Morgan fingerprint density at radius 2 is 1.53 bits per heavy atom. The molecule has 12 heteroatoms. The van der Waals surface area contributed by atoms with Gasteiger partial charge in [-0.15, -0.1) is 0 Å². The number of thiocarbonyl (C=S) groups is 1. The molecule has 2 fully saturated rings. The standard InChI is InChI=1S/C18H15N3O7S2/c1-26-10-4-8(5-11(27-2)13(10)28-3)6-12-16(24)21(18(29)30-12)7-9-14(22)19-17(25)20-15(9)23/h4-7H,1-3H3,(H2,19,20,22,23,25)/b12-6-.